The Morgan fingerprint density at radius 3 is 2.52 bits per heavy atom. The van der Waals surface area contributed by atoms with Crippen LogP contribution in [-0.4, -0.2) is 20.2 Å². The molecule has 0 amide bonds. The highest BCUT2D eigenvalue weighted by Crippen LogP contribution is 2.23. The van der Waals surface area contributed by atoms with Gasteiger partial charge in [-0.05, 0) is 34.0 Å². The lowest BCUT2D eigenvalue weighted by atomic mass is 10.00. The third kappa shape index (κ3) is 2.59. The number of hydrogen-bond acceptors (Lipinski definition) is 3. The van der Waals surface area contributed by atoms with Gasteiger partial charge < -0.3 is 0 Å². The first-order valence-electron chi connectivity index (χ1n) is 7.62. The summed E-state index contributed by atoms with van der Waals surface area (Å²) >= 11 is 0. The summed E-state index contributed by atoms with van der Waals surface area (Å²) in [6.07, 6.45) is 0. The van der Waals surface area contributed by atoms with Gasteiger partial charge in [0.05, 0.1) is 6.54 Å². The van der Waals surface area contributed by atoms with Gasteiger partial charge in [-0.2, -0.15) is 4.80 Å². The zero-order valence-electron chi connectivity index (χ0n) is 12.8. The fourth-order valence-electron chi connectivity index (χ4n) is 2.81. The molecule has 4 rings (SSSR count). The van der Waals surface area contributed by atoms with E-state index < -0.39 is 0 Å². The van der Waals surface area contributed by atoms with Crippen molar-refractivity contribution in [1.29, 1.82) is 0 Å². The van der Waals surface area contributed by atoms with E-state index in [9.17, 15) is 0 Å². The SMILES string of the molecule is Cc1ccc2ccccc2c1Cn1nnc(-c2ccccc2)n1. The van der Waals surface area contributed by atoms with E-state index in [1.165, 1.54) is 21.9 Å². The highest BCUT2D eigenvalue weighted by atomic mass is 15.6. The van der Waals surface area contributed by atoms with Crippen LogP contribution >= 0.6 is 0 Å². The number of aromatic nitrogens is 4. The summed E-state index contributed by atoms with van der Waals surface area (Å²) in [6.45, 7) is 2.74. The summed E-state index contributed by atoms with van der Waals surface area (Å²) in [6, 6.07) is 22.6. The van der Waals surface area contributed by atoms with E-state index in [2.05, 4.69) is 58.7 Å². The van der Waals surface area contributed by atoms with Crippen LogP contribution in [0.3, 0.4) is 0 Å². The topological polar surface area (TPSA) is 43.6 Å². The maximum absolute atomic E-state index is 4.52. The van der Waals surface area contributed by atoms with Crippen molar-refractivity contribution in [2.45, 2.75) is 13.5 Å². The Balaban J connectivity index is 1.72. The normalized spacial score (nSPS) is 11.0. The van der Waals surface area contributed by atoms with Crippen LogP contribution < -0.4 is 0 Å². The zero-order valence-corrected chi connectivity index (χ0v) is 12.8. The van der Waals surface area contributed by atoms with Crippen LogP contribution in [-0.2, 0) is 6.54 Å². The largest absolute Gasteiger partial charge is 0.204 e. The third-order valence-electron chi connectivity index (χ3n) is 4.06. The molecule has 112 valence electrons. The average Bonchev–Trinajstić information content (AvgIpc) is 3.07. The molecule has 4 nitrogen and oxygen atoms in total. The molecule has 1 heterocycles. The summed E-state index contributed by atoms with van der Waals surface area (Å²) in [4.78, 5) is 1.66. The minimum Gasteiger partial charge on any atom is -0.159 e. The van der Waals surface area contributed by atoms with E-state index in [0.717, 1.165) is 5.56 Å². The van der Waals surface area contributed by atoms with Gasteiger partial charge in [0, 0.05) is 5.56 Å². The van der Waals surface area contributed by atoms with E-state index in [1.807, 2.05) is 30.3 Å². The van der Waals surface area contributed by atoms with Crippen LogP contribution in [0.5, 0.6) is 0 Å². The molecule has 0 N–H and O–H groups in total. The molecule has 0 spiro atoms. The Hall–Kier alpha value is -3.01. The van der Waals surface area contributed by atoms with Gasteiger partial charge in [-0.1, -0.05) is 66.7 Å². The van der Waals surface area contributed by atoms with Gasteiger partial charge in [-0.25, -0.2) is 0 Å². The van der Waals surface area contributed by atoms with Crippen LogP contribution in [0.1, 0.15) is 11.1 Å². The second-order valence-electron chi connectivity index (χ2n) is 5.59. The minimum absolute atomic E-state index is 0.618. The molecule has 4 aromatic rings. The van der Waals surface area contributed by atoms with Gasteiger partial charge in [-0.3, -0.25) is 0 Å². The molecule has 4 heteroatoms. The number of hydrogen-bond donors (Lipinski definition) is 0. The fourth-order valence-corrected chi connectivity index (χ4v) is 2.81. The van der Waals surface area contributed by atoms with Gasteiger partial charge in [-0.15, -0.1) is 10.2 Å². The first-order chi connectivity index (χ1) is 11.3. The fraction of sp³-hybridized carbons (Fsp3) is 0.105. The molecule has 0 aliphatic heterocycles. The second-order valence-corrected chi connectivity index (χ2v) is 5.59. The monoisotopic (exact) mass is 300 g/mol. The van der Waals surface area contributed by atoms with Crippen molar-refractivity contribution in [3.05, 3.63) is 77.9 Å². The van der Waals surface area contributed by atoms with Gasteiger partial charge in [0.15, 0.2) is 0 Å². The molecule has 23 heavy (non-hydrogen) atoms. The Labute approximate surface area is 134 Å². The summed E-state index contributed by atoms with van der Waals surface area (Å²) in [5, 5.41) is 15.4. The minimum atomic E-state index is 0.618. The van der Waals surface area contributed by atoms with Crippen molar-refractivity contribution in [2.24, 2.45) is 0 Å². The quantitative estimate of drug-likeness (QED) is 0.577. The molecular formula is C19H16N4. The Morgan fingerprint density at radius 1 is 0.870 bits per heavy atom. The molecule has 3 aromatic carbocycles. The summed E-state index contributed by atoms with van der Waals surface area (Å²) in [5.41, 5.74) is 3.45. The summed E-state index contributed by atoms with van der Waals surface area (Å²) < 4.78 is 0. The molecule has 0 saturated heterocycles. The molecule has 0 aliphatic carbocycles. The van der Waals surface area contributed by atoms with Crippen LogP contribution in [0.4, 0.5) is 0 Å². The van der Waals surface area contributed by atoms with Gasteiger partial charge in [0.2, 0.25) is 5.82 Å². The Bertz CT molecular complexity index is 957. The molecule has 0 aliphatic rings. The number of tetrazole rings is 1. The lowest BCUT2D eigenvalue weighted by Gasteiger charge is -2.09. The van der Waals surface area contributed by atoms with Gasteiger partial charge in [0.1, 0.15) is 0 Å². The Kier molecular flexibility index (Phi) is 3.35. The third-order valence-corrected chi connectivity index (χ3v) is 4.06. The molecule has 0 atom stereocenters. The predicted octanol–water partition coefficient (Wildman–Crippen LogP) is 3.85. The number of rotatable bonds is 3. The van der Waals surface area contributed by atoms with Gasteiger partial charge >= 0.3 is 0 Å². The first-order valence-corrected chi connectivity index (χ1v) is 7.62. The van der Waals surface area contributed by atoms with E-state index >= 15 is 0 Å². The second kappa shape index (κ2) is 5.65. The highest BCUT2D eigenvalue weighted by molar-refractivity contribution is 5.86. The number of aryl methyl sites for hydroxylation is 1. The molecule has 0 bridgehead atoms. The van der Waals surface area contributed by atoms with Crippen molar-refractivity contribution in [1.82, 2.24) is 20.2 Å². The van der Waals surface area contributed by atoms with Crippen LogP contribution in [0.15, 0.2) is 66.7 Å². The van der Waals surface area contributed by atoms with Crippen molar-refractivity contribution >= 4 is 10.8 Å². The van der Waals surface area contributed by atoms with E-state index in [4.69, 9.17) is 0 Å². The Morgan fingerprint density at radius 2 is 1.65 bits per heavy atom. The van der Waals surface area contributed by atoms with E-state index in [-0.39, 0.29) is 0 Å². The van der Waals surface area contributed by atoms with E-state index in [1.54, 1.807) is 4.80 Å². The predicted molar refractivity (Wildman–Crippen MR) is 91.0 cm³/mol. The number of nitrogens with zero attached hydrogens (tertiary/aromatic N) is 4. The zero-order chi connectivity index (χ0) is 15.6. The molecule has 0 fully saturated rings. The average molecular weight is 300 g/mol. The lowest BCUT2D eigenvalue weighted by molar-refractivity contribution is 0.573. The smallest absolute Gasteiger partial charge is 0.159 e. The van der Waals surface area contributed by atoms with Crippen LogP contribution in [0.2, 0.25) is 0 Å². The maximum Gasteiger partial charge on any atom is 0.204 e. The molecule has 0 unspecified atom stereocenters. The molecular weight excluding hydrogens is 284 g/mol. The van der Waals surface area contributed by atoms with Crippen molar-refractivity contribution in [2.75, 3.05) is 0 Å². The molecule has 1 aromatic heterocycles. The van der Waals surface area contributed by atoms with Gasteiger partial charge in [0.25, 0.3) is 0 Å². The van der Waals surface area contributed by atoms with Crippen molar-refractivity contribution in [3.8, 4) is 11.4 Å². The van der Waals surface area contributed by atoms with Crippen LogP contribution in [0.25, 0.3) is 22.2 Å². The highest BCUT2D eigenvalue weighted by Gasteiger charge is 2.09. The lowest BCUT2D eigenvalue weighted by Crippen LogP contribution is -2.06. The maximum atomic E-state index is 4.52. The number of fused-ring (bicyclic) bond motifs is 1. The van der Waals surface area contributed by atoms with Crippen LogP contribution in [0, 0.1) is 6.92 Å². The van der Waals surface area contributed by atoms with Crippen molar-refractivity contribution in [3.63, 3.8) is 0 Å². The molecule has 0 saturated carbocycles. The van der Waals surface area contributed by atoms with Crippen molar-refractivity contribution < 1.29 is 0 Å². The standard InChI is InChI=1S/C19H16N4/c1-14-11-12-15-7-5-6-10-17(15)18(14)13-23-21-19(20-22-23)16-8-3-2-4-9-16/h2-12H,13H2,1H3. The van der Waals surface area contributed by atoms with E-state index in [0.29, 0.717) is 12.4 Å². The first kappa shape index (κ1) is 13.6. The number of benzene rings is 3. The molecule has 0 radical (unpaired) electrons. The summed E-state index contributed by atoms with van der Waals surface area (Å²) in [7, 11) is 0. The summed E-state index contributed by atoms with van der Waals surface area (Å²) in [5.74, 6) is 0.656.